The minimum absolute atomic E-state index is 0.349. The van der Waals surface area contributed by atoms with Gasteiger partial charge in [-0.1, -0.05) is 74.7 Å². The van der Waals surface area contributed by atoms with Gasteiger partial charge >= 0.3 is 0 Å². The van der Waals surface area contributed by atoms with Crippen molar-refractivity contribution in [2.45, 2.75) is 38.7 Å². The number of ether oxygens (including phenoxy) is 1. The number of fused-ring (bicyclic) bond motifs is 2. The van der Waals surface area contributed by atoms with Gasteiger partial charge in [0.25, 0.3) is 0 Å². The first kappa shape index (κ1) is 15.8. The fraction of sp³-hybridized carbons (Fsp3) is 0.333. The highest BCUT2D eigenvalue weighted by atomic mass is 16.5. The molecule has 2 nitrogen and oxygen atoms in total. The number of aliphatic hydroxyl groups is 1. The Morgan fingerprint density at radius 1 is 0.913 bits per heavy atom. The molecule has 0 heterocycles. The van der Waals surface area contributed by atoms with Crippen LogP contribution in [0.3, 0.4) is 0 Å². The van der Waals surface area contributed by atoms with Crippen LogP contribution in [-0.2, 0) is 0 Å². The normalized spacial score (nSPS) is 12.6. The number of hydrogen-bond donors (Lipinski definition) is 1. The van der Waals surface area contributed by atoms with Crippen molar-refractivity contribution in [3.63, 3.8) is 0 Å². The number of benzene rings is 3. The first-order valence-electron chi connectivity index (χ1n) is 8.51. The highest BCUT2D eigenvalue weighted by molar-refractivity contribution is 6.05. The predicted octanol–water partition coefficient (Wildman–Crippen LogP) is 5.31. The van der Waals surface area contributed by atoms with Crippen molar-refractivity contribution in [1.29, 1.82) is 0 Å². The summed E-state index contributed by atoms with van der Waals surface area (Å²) in [6.45, 7) is 2.52. The molecule has 0 aliphatic rings. The van der Waals surface area contributed by atoms with Gasteiger partial charge in [-0.25, -0.2) is 0 Å². The van der Waals surface area contributed by atoms with E-state index in [-0.39, 0.29) is 0 Å². The lowest BCUT2D eigenvalue weighted by Crippen LogP contribution is -2.17. The summed E-state index contributed by atoms with van der Waals surface area (Å²) in [6, 6.07) is 18.7. The molecule has 1 atom stereocenters. The van der Waals surface area contributed by atoms with Gasteiger partial charge in [0.2, 0.25) is 0 Å². The predicted molar refractivity (Wildman–Crippen MR) is 97.1 cm³/mol. The van der Waals surface area contributed by atoms with E-state index in [1.165, 1.54) is 17.2 Å². The standard InChI is InChI=1S/C21H24O2/c1-2-3-4-11-18(22)15-23-21-19-12-7-5-9-16(19)14-17-10-6-8-13-20(17)21/h5-10,12-14,18,22H,2-4,11,15H2,1H3. The third-order valence-electron chi connectivity index (χ3n) is 4.28. The Morgan fingerprint density at radius 3 is 2.13 bits per heavy atom. The maximum Gasteiger partial charge on any atom is 0.135 e. The molecular weight excluding hydrogens is 284 g/mol. The molecule has 0 aromatic heterocycles. The molecule has 0 saturated carbocycles. The van der Waals surface area contributed by atoms with E-state index < -0.39 is 6.10 Å². The van der Waals surface area contributed by atoms with Gasteiger partial charge in [0.1, 0.15) is 12.4 Å². The van der Waals surface area contributed by atoms with E-state index >= 15 is 0 Å². The summed E-state index contributed by atoms with van der Waals surface area (Å²) in [5.41, 5.74) is 0. The van der Waals surface area contributed by atoms with Crippen molar-refractivity contribution < 1.29 is 9.84 Å². The molecule has 23 heavy (non-hydrogen) atoms. The monoisotopic (exact) mass is 308 g/mol. The van der Waals surface area contributed by atoms with Crippen LogP contribution in [0.1, 0.15) is 32.6 Å². The van der Waals surface area contributed by atoms with E-state index in [1.54, 1.807) is 0 Å². The van der Waals surface area contributed by atoms with Gasteiger partial charge in [-0.15, -0.1) is 0 Å². The van der Waals surface area contributed by atoms with Gasteiger partial charge < -0.3 is 9.84 Å². The number of aliphatic hydroxyl groups excluding tert-OH is 1. The number of hydrogen-bond acceptors (Lipinski definition) is 2. The molecule has 0 aliphatic carbocycles. The lowest BCUT2D eigenvalue weighted by Gasteiger charge is -2.16. The zero-order chi connectivity index (χ0) is 16.1. The van der Waals surface area contributed by atoms with Gasteiger partial charge in [0.05, 0.1) is 6.10 Å². The molecule has 0 saturated heterocycles. The summed E-state index contributed by atoms with van der Waals surface area (Å²) < 4.78 is 6.08. The van der Waals surface area contributed by atoms with Gasteiger partial charge in [-0.3, -0.25) is 0 Å². The number of rotatable bonds is 7. The van der Waals surface area contributed by atoms with E-state index in [2.05, 4.69) is 37.3 Å². The third-order valence-corrected chi connectivity index (χ3v) is 4.28. The van der Waals surface area contributed by atoms with Crippen molar-refractivity contribution in [3.05, 3.63) is 54.6 Å². The van der Waals surface area contributed by atoms with E-state index in [9.17, 15) is 5.11 Å². The van der Waals surface area contributed by atoms with Crippen LogP contribution in [0.25, 0.3) is 21.5 Å². The molecule has 0 aliphatic heterocycles. The molecule has 1 unspecified atom stereocenters. The topological polar surface area (TPSA) is 29.5 Å². The molecule has 3 aromatic carbocycles. The molecule has 3 aromatic rings. The molecule has 0 amide bonds. The summed E-state index contributed by atoms with van der Waals surface area (Å²) >= 11 is 0. The smallest absolute Gasteiger partial charge is 0.135 e. The Balaban J connectivity index is 1.88. The zero-order valence-corrected chi connectivity index (χ0v) is 13.7. The minimum Gasteiger partial charge on any atom is -0.490 e. The SMILES string of the molecule is CCCCCC(O)COc1c2ccccc2cc2ccccc12. The second-order valence-corrected chi connectivity index (χ2v) is 6.11. The van der Waals surface area contributed by atoms with Crippen LogP contribution in [-0.4, -0.2) is 17.8 Å². The molecule has 0 spiro atoms. The highest BCUT2D eigenvalue weighted by Gasteiger charge is 2.11. The first-order valence-corrected chi connectivity index (χ1v) is 8.51. The quantitative estimate of drug-likeness (QED) is 0.473. The summed E-state index contributed by atoms with van der Waals surface area (Å²) in [4.78, 5) is 0. The van der Waals surface area contributed by atoms with Gasteiger partial charge in [-0.05, 0) is 23.3 Å². The van der Waals surface area contributed by atoms with Gasteiger partial charge in [-0.2, -0.15) is 0 Å². The molecular formula is C21H24O2. The Morgan fingerprint density at radius 2 is 1.52 bits per heavy atom. The fourth-order valence-electron chi connectivity index (χ4n) is 3.02. The van der Waals surface area contributed by atoms with E-state index in [1.807, 2.05) is 24.3 Å². The van der Waals surface area contributed by atoms with Crippen LogP contribution in [0.15, 0.2) is 54.6 Å². The van der Waals surface area contributed by atoms with Crippen LogP contribution < -0.4 is 4.74 Å². The summed E-state index contributed by atoms with van der Waals surface area (Å²) in [7, 11) is 0. The van der Waals surface area contributed by atoms with Crippen molar-refractivity contribution in [2.75, 3.05) is 6.61 Å². The average Bonchev–Trinajstić information content (AvgIpc) is 2.59. The van der Waals surface area contributed by atoms with E-state index in [0.717, 1.165) is 35.8 Å². The molecule has 0 fully saturated rings. The Hall–Kier alpha value is -2.06. The maximum absolute atomic E-state index is 10.2. The maximum atomic E-state index is 10.2. The lowest BCUT2D eigenvalue weighted by atomic mass is 10.0. The van der Waals surface area contributed by atoms with Gasteiger partial charge in [0, 0.05) is 10.8 Å². The molecule has 0 radical (unpaired) electrons. The van der Waals surface area contributed by atoms with Crippen molar-refractivity contribution in [2.24, 2.45) is 0 Å². The Kier molecular flexibility index (Phi) is 5.14. The average molecular weight is 308 g/mol. The molecule has 120 valence electrons. The summed E-state index contributed by atoms with van der Waals surface area (Å²) in [5, 5.41) is 14.7. The second kappa shape index (κ2) is 7.47. The second-order valence-electron chi connectivity index (χ2n) is 6.11. The largest absolute Gasteiger partial charge is 0.490 e. The Bertz CT molecular complexity index is 725. The van der Waals surface area contributed by atoms with Crippen LogP contribution in [0.5, 0.6) is 5.75 Å². The first-order chi connectivity index (χ1) is 11.3. The van der Waals surface area contributed by atoms with Crippen molar-refractivity contribution in [1.82, 2.24) is 0 Å². The highest BCUT2D eigenvalue weighted by Crippen LogP contribution is 2.34. The fourth-order valence-corrected chi connectivity index (χ4v) is 3.02. The minimum atomic E-state index is -0.403. The Labute approximate surface area is 137 Å². The van der Waals surface area contributed by atoms with Crippen molar-refractivity contribution in [3.8, 4) is 5.75 Å². The molecule has 2 heteroatoms. The van der Waals surface area contributed by atoms with Crippen molar-refractivity contribution >= 4 is 21.5 Å². The van der Waals surface area contributed by atoms with Gasteiger partial charge in [0.15, 0.2) is 0 Å². The summed E-state index contributed by atoms with van der Waals surface area (Å²) in [6.07, 6.45) is 3.78. The van der Waals surface area contributed by atoms with E-state index in [4.69, 9.17) is 4.74 Å². The number of unbranched alkanes of at least 4 members (excludes halogenated alkanes) is 2. The third kappa shape index (κ3) is 3.65. The van der Waals surface area contributed by atoms with E-state index in [0.29, 0.717) is 6.61 Å². The molecule has 0 bridgehead atoms. The van der Waals surface area contributed by atoms with Crippen LogP contribution in [0, 0.1) is 0 Å². The molecule has 3 rings (SSSR count). The lowest BCUT2D eigenvalue weighted by molar-refractivity contribution is 0.0991. The van der Waals surface area contributed by atoms with Crippen LogP contribution in [0.4, 0.5) is 0 Å². The van der Waals surface area contributed by atoms with Crippen LogP contribution in [0.2, 0.25) is 0 Å². The zero-order valence-electron chi connectivity index (χ0n) is 13.7. The molecule has 1 N–H and O–H groups in total. The summed E-state index contributed by atoms with van der Waals surface area (Å²) in [5.74, 6) is 0.883. The van der Waals surface area contributed by atoms with Crippen LogP contribution >= 0.6 is 0 Å².